The summed E-state index contributed by atoms with van der Waals surface area (Å²) in [4.78, 5) is 21.8. The molecule has 0 bridgehead atoms. The number of aliphatic carboxylic acids is 1. The van der Waals surface area contributed by atoms with Gasteiger partial charge in [-0.05, 0) is 18.8 Å². The summed E-state index contributed by atoms with van der Waals surface area (Å²) in [6, 6.07) is 0. The monoisotopic (exact) mass is 216 g/mol. The van der Waals surface area contributed by atoms with E-state index in [9.17, 15) is 9.59 Å². The standard InChI is InChI=1S/C11H20O4/c1-3-5-9(7-10(12)13)8-11(14)15-6-4-2/h9H,3-8H2,1-2H3,(H,12,13)/t9-/m0/s1. The van der Waals surface area contributed by atoms with Crippen LogP contribution in [0.15, 0.2) is 0 Å². The Morgan fingerprint density at radius 2 is 1.87 bits per heavy atom. The third-order valence-corrected chi connectivity index (χ3v) is 2.08. The highest BCUT2D eigenvalue weighted by Gasteiger charge is 2.17. The number of carboxylic acids is 1. The van der Waals surface area contributed by atoms with E-state index in [0.717, 1.165) is 19.3 Å². The lowest BCUT2D eigenvalue weighted by Crippen LogP contribution is -2.15. The van der Waals surface area contributed by atoms with Gasteiger partial charge in [0.25, 0.3) is 0 Å². The summed E-state index contributed by atoms with van der Waals surface area (Å²) in [5.41, 5.74) is 0. The Hall–Kier alpha value is -1.06. The van der Waals surface area contributed by atoms with Crippen molar-refractivity contribution in [2.45, 2.75) is 46.0 Å². The average molecular weight is 216 g/mol. The molecule has 0 rings (SSSR count). The maximum absolute atomic E-state index is 11.3. The molecule has 0 spiro atoms. The van der Waals surface area contributed by atoms with E-state index in [4.69, 9.17) is 9.84 Å². The smallest absolute Gasteiger partial charge is 0.306 e. The van der Waals surface area contributed by atoms with Crippen LogP contribution in [0.1, 0.15) is 46.0 Å². The van der Waals surface area contributed by atoms with Crippen LogP contribution >= 0.6 is 0 Å². The summed E-state index contributed by atoms with van der Waals surface area (Å²) < 4.78 is 4.92. The number of hydrogen-bond acceptors (Lipinski definition) is 3. The van der Waals surface area contributed by atoms with Crippen molar-refractivity contribution in [2.75, 3.05) is 6.61 Å². The maximum Gasteiger partial charge on any atom is 0.306 e. The van der Waals surface area contributed by atoms with E-state index in [0.29, 0.717) is 6.61 Å². The molecule has 0 aromatic heterocycles. The van der Waals surface area contributed by atoms with Crippen molar-refractivity contribution in [1.29, 1.82) is 0 Å². The van der Waals surface area contributed by atoms with E-state index < -0.39 is 5.97 Å². The summed E-state index contributed by atoms with van der Waals surface area (Å²) in [5.74, 6) is -1.22. The molecule has 0 aliphatic heterocycles. The van der Waals surface area contributed by atoms with Crippen molar-refractivity contribution >= 4 is 11.9 Å². The molecule has 0 aliphatic carbocycles. The van der Waals surface area contributed by atoms with Gasteiger partial charge in [0.1, 0.15) is 0 Å². The van der Waals surface area contributed by atoms with E-state index in [1.54, 1.807) is 0 Å². The molecule has 0 unspecified atom stereocenters. The molecule has 4 nitrogen and oxygen atoms in total. The number of ether oxygens (including phenoxy) is 1. The van der Waals surface area contributed by atoms with Gasteiger partial charge in [-0.1, -0.05) is 20.3 Å². The Morgan fingerprint density at radius 1 is 1.20 bits per heavy atom. The molecule has 0 aromatic rings. The van der Waals surface area contributed by atoms with Crippen molar-refractivity contribution in [2.24, 2.45) is 5.92 Å². The molecule has 0 radical (unpaired) electrons. The summed E-state index contributed by atoms with van der Waals surface area (Å²) in [5, 5.41) is 8.65. The second kappa shape index (κ2) is 8.26. The molecule has 0 heterocycles. The minimum atomic E-state index is -0.850. The highest BCUT2D eigenvalue weighted by atomic mass is 16.5. The number of carbonyl (C=O) groups excluding carboxylic acids is 1. The lowest BCUT2D eigenvalue weighted by Gasteiger charge is -2.12. The van der Waals surface area contributed by atoms with Gasteiger partial charge in [-0.25, -0.2) is 0 Å². The average Bonchev–Trinajstić information content (AvgIpc) is 2.14. The fourth-order valence-corrected chi connectivity index (χ4v) is 1.44. The second-order valence-corrected chi connectivity index (χ2v) is 3.68. The lowest BCUT2D eigenvalue weighted by molar-refractivity contribution is -0.145. The van der Waals surface area contributed by atoms with Gasteiger partial charge in [0.05, 0.1) is 6.61 Å². The van der Waals surface area contributed by atoms with Gasteiger partial charge in [0.15, 0.2) is 0 Å². The van der Waals surface area contributed by atoms with Gasteiger partial charge in [-0.2, -0.15) is 0 Å². The SMILES string of the molecule is CCCOC(=O)C[C@@H](CCC)CC(=O)O. The Labute approximate surface area is 90.6 Å². The van der Waals surface area contributed by atoms with Gasteiger partial charge in [0, 0.05) is 12.8 Å². The van der Waals surface area contributed by atoms with E-state index in [2.05, 4.69) is 0 Å². The first-order chi connectivity index (χ1) is 7.10. The molecule has 88 valence electrons. The molecule has 1 atom stereocenters. The van der Waals surface area contributed by atoms with Crippen LogP contribution in [0.3, 0.4) is 0 Å². The number of rotatable bonds is 8. The quantitative estimate of drug-likeness (QED) is 0.632. The molecular weight excluding hydrogens is 196 g/mol. The van der Waals surface area contributed by atoms with Crippen molar-refractivity contribution < 1.29 is 19.4 Å². The molecule has 1 N–H and O–H groups in total. The minimum absolute atomic E-state index is 0.0507. The largest absolute Gasteiger partial charge is 0.481 e. The number of hydrogen-bond donors (Lipinski definition) is 1. The Kier molecular flexibility index (Phi) is 7.68. The number of carboxylic acid groups (broad SMARTS) is 1. The zero-order valence-electron chi connectivity index (χ0n) is 9.49. The van der Waals surface area contributed by atoms with Crippen LogP contribution in [0.25, 0.3) is 0 Å². The van der Waals surface area contributed by atoms with Crippen molar-refractivity contribution in [1.82, 2.24) is 0 Å². The predicted molar refractivity (Wildman–Crippen MR) is 56.5 cm³/mol. The van der Waals surface area contributed by atoms with Gasteiger partial charge in [-0.15, -0.1) is 0 Å². The van der Waals surface area contributed by atoms with Crippen LogP contribution in [0, 0.1) is 5.92 Å². The Bertz CT molecular complexity index is 201. The first-order valence-corrected chi connectivity index (χ1v) is 5.47. The van der Waals surface area contributed by atoms with Crippen LogP contribution in [-0.4, -0.2) is 23.7 Å². The third kappa shape index (κ3) is 7.97. The lowest BCUT2D eigenvalue weighted by atomic mass is 9.96. The Balaban J connectivity index is 3.92. The fraction of sp³-hybridized carbons (Fsp3) is 0.818. The fourth-order valence-electron chi connectivity index (χ4n) is 1.44. The van der Waals surface area contributed by atoms with Crippen molar-refractivity contribution in [3.63, 3.8) is 0 Å². The van der Waals surface area contributed by atoms with Crippen LogP contribution in [0.5, 0.6) is 0 Å². The molecule has 15 heavy (non-hydrogen) atoms. The van der Waals surface area contributed by atoms with E-state index in [1.165, 1.54) is 0 Å². The molecule has 4 heteroatoms. The highest BCUT2D eigenvalue weighted by Crippen LogP contribution is 2.16. The zero-order valence-corrected chi connectivity index (χ0v) is 9.49. The maximum atomic E-state index is 11.3. The van der Waals surface area contributed by atoms with E-state index in [1.807, 2.05) is 13.8 Å². The van der Waals surface area contributed by atoms with Crippen molar-refractivity contribution in [3.05, 3.63) is 0 Å². The molecule has 0 saturated carbocycles. The molecule has 0 fully saturated rings. The van der Waals surface area contributed by atoms with Crippen LogP contribution in [0.2, 0.25) is 0 Å². The Morgan fingerprint density at radius 3 is 2.33 bits per heavy atom. The predicted octanol–water partition coefficient (Wildman–Crippen LogP) is 2.22. The minimum Gasteiger partial charge on any atom is -0.481 e. The summed E-state index contributed by atoms with van der Waals surface area (Å²) in [6.45, 7) is 4.32. The topological polar surface area (TPSA) is 63.6 Å². The van der Waals surface area contributed by atoms with Gasteiger partial charge >= 0.3 is 11.9 Å². The molecule has 0 aliphatic rings. The third-order valence-electron chi connectivity index (χ3n) is 2.08. The number of esters is 1. The van der Waals surface area contributed by atoms with Crippen LogP contribution < -0.4 is 0 Å². The van der Waals surface area contributed by atoms with Gasteiger partial charge in [-0.3, -0.25) is 9.59 Å². The number of carbonyl (C=O) groups is 2. The van der Waals surface area contributed by atoms with Gasteiger partial charge in [0.2, 0.25) is 0 Å². The second-order valence-electron chi connectivity index (χ2n) is 3.68. The zero-order chi connectivity index (χ0) is 11.7. The van der Waals surface area contributed by atoms with E-state index >= 15 is 0 Å². The summed E-state index contributed by atoms with van der Waals surface area (Å²) in [6.07, 6.45) is 2.71. The van der Waals surface area contributed by atoms with Crippen LogP contribution in [0.4, 0.5) is 0 Å². The first-order valence-electron chi connectivity index (χ1n) is 5.47. The molecular formula is C11H20O4. The summed E-state index contributed by atoms with van der Waals surface area (Å²) in [7, 11) is 0. The van der Waals surface area contributed by atoms with Crippen molar-refractivity contribution in [3.8, 4) is 0 Å². The molecule has 0 amide bonds. The normalized spacial score (nSPS) is 12.1. The summed E-state index contributed by atoms with van der Waals surface area (Å²) >= 11 is 0. The molecule has 0 aromatic carbocycles. The van der Waals surface area contributed by atoms with Gasteiger partial charge < -0.3 is 9.84 Å². The van der Waals surface area contributed by atoms with Crippen LogP contribution in [-0.2, 0) is 14.3 Å². The molecule has 0 saturated heterocycles. The van der Waals surface area contributed by atoms with E-state index in [-0.39, 0.29) is 24.7 Å². The first kappa shape index (κ1) is 13.9. The highest BCUT2D eigenvalue weighted by molar-refractivity contribution is 5.72.